The number of methoxy groups -OCH3 is 1. The molecule has 28 heavy (non-hydrogen) atoms. The van der Waals surface area contributed by atoms with Crippen molar-refractivity contribution in [3.63, 3.8) is 0 Å². The van der Waals surface area contributed by atoms with Gasteiger partial charge in [0.05, 0.1) is 37.1 Å². The number of ether oxygens (including phenoxy) is 2. The van der Waals surface area contributed by atoms with E-state index in [0.29, 0.717) is 27.7 Å². The van der Waals surface area contributed by atoms with Crippen LogP contribution in [-0.2, 0) is 14.3 Å². The standard InChI is InChI=1S/C20H19ClN2O5/c1-3-28-20(26)12-4-7-14(8-5-12)23-18(24)11-16(19(23)25)22-15-10-13(21)6-9-17(15)27-2/h4-10,16,22H,3,11H2,1-2H3/t16-/m0/s1. The summed E-state index contributed by atoms with van der Waals surface area (Å²) in [5.41, 5.74) is 1.27. The fourth-order valence-electron chi connectivity index (χ4n) is 2.96. The van der Waals surface area contributed by atoms with Gasteiger partial charge in [0.2, 0.25) is 5.91 Å². The topological polar surface area (TPSA) is 84.9 Å². The highest BCUT2D eigenvalue weighted by Crippen LogP contribution is 2.31. The average molecular weight is 403 g/mol. The van der Waals surface area contributed by atoms with E-state index < -0.39 is 17.9 Å². The van der Waals surface area contributed by atoms with Crippen molar-refractivity contribution < 1.29 is 23.9 Å². The minimum absolute atomic E-state index is 0.00582. The lowest BCUT2D eigenvalue weighted by Crippen LogP contribution is -2.34. The number of benzene rings is 2. The predicted octanol–water partition coefficient (Wildman–Crippen LogP) is 3.27. The maximum atomic E-state index is 12.8. The van der Waals surface area contributed by atoms with Gasteiger partial charge in [-0.2, -0.15) is 0 Å². The van der Waals surface area contributed by atoms with Gasteiger partial charge >= 0.3 is 5.97 Å². The van der Waals surface area contributed by atoms with Crippen LogP contribution in [0.15, 0.2) is 42.5 Å². The van der Waals surface area contributed by atoms with Gasteiger partial charge in [-0.15, -0.1) is 0 Å². The zero-order valence-corrected chi connectivity index (χ0v) is 16.2. The molecule has 2 amide bonds. The summed E-state index contributed by atoms with van der Waals surface area (Å²) in [6.45, 7) is 1.99. The molecule has 1 aliphatic heterocycles. The van der Waals surface area contributed by atoms with Crippen molar-refractivity contribution in [2.45, 2.75) is 19.4 Å². The van der Waals surface area contributed by atoms with Crippen molar-refractivity contribution in [1.82, 2.24) is 0 Å². The summed E-state index contributed by atoms with van der Waals surface area (Å²) in [5.74, 6) is -0.675. The predicted molar refractivity (Wildman–Crippen MR) is 105 cm³/mol. The monoisotopic (exact) mass is 402 g/mol. The summed E-state index contributed by atoms with van der Waals surface area (Å²) >= 11 is 6.02. The second kappa shape index (κ2) is 8.31. The molecule has 1 aliphatic rings. The largest absolute Gasteiger partial charge is 0.495 e. The molecule has 1 fully saturated rings. The number of esters is 1. The van der Waals surface area contributed by atoms with Crippen molar-refractivity contribution in [1.29, 1.82) is 0 Å². The minimum atomic E-state index is -0.746. The van der Waals surface area contributed by atoms with Gasteiger partial charge in [-0.3, -0.25) is 9.59 Å². The lowest BCUT2D eigenvalue weighted by atomic mass is 10.2. The smallest absolute Gasteiger partial charge is 0.338 e. The van der Waals surface area contributed by atoms with Crippen LogP contribution in [0.5, 0.6) is 5.75 Å². The van der Waals surface area contributed by atoms with Gasteiger partial charge in [-0.05, 0) is 49.4 Å². The summed E-state index contributed by atoms with van der Waals surface area (Å²) in [4.78, 5) is 38.1. The van der Waals surface area contributed by atoms with Crippen molar-refractivity contribution in [3.8, 4) is 5.75 Å². The Morgan fingerprint density at radius 2 is 1.93 bits per heavy atom. The summed E-state index contributed by atoms with van der Waals surface area (Å²) in [7, 11) is 1.51. The lowest BCUT2D eigenvalue weighted by Gasteiger charge is -2.17. The summed E-state index contributed by atoms with van der Waals surface area (Å²) < 4.78 is 10.2. The number of amides is 2. The molecule has 0 unspecified atom stereocenters. The molecule has 1 heterocycles. The van der Waals surface area contributed by atoms with Crippen LogP contribution in [0.4, 0.5) is 11.4 Å². The molecule has 0 aromatic heterocycles. The van der Waals surface area contributed by atoms with Gasteiger partial charge in [0.1, 0.15) is 11.8 Å². The fourth-order valence-corrected chi connectivity index (χ4v) is 3.13. The van der Waals surface area contributed by atoms with Crippen LogP contribution >= 0.6 is 11.6 Å². The van der Waals surface area contributed by atoms with Crippen molar-refractivity contribution in [2.75, 3.05) is 23.9 Å². The van der Waals surface area contributed by atoms with E-state index in [1.54, 1.807) is 37.3 Å². The van der Waals surface area contributed by atoms with Crippen LogP contribution in [0.2, 0.25) is 5.02 Å². The first kappa shape index (κ1) is 19.7. The van der Waals surface area contributed by atoms with E-state index in [9.17, 15) is 14.4 Å². The van der Waals surface area contributed by atoms with E-state index in [1.807, 2.05) is 0 Å². The SMILES string of the molecule is CCOC(=O)c1ccc(N2C(=O)C[C@H](Nc3cc(Cl)ccc3OC)C2=O)cc1. The fraction of sp³-hybridized carbons (Fsp3) is 0.250. The zero-order chi connectivity index (χ0) is 20.3. The third-order valence-electron chi connectivity index (χ3n) is 4.27. The first-order valence-corrected chi connectivity index (χ1v) is 9.06. The van der Waals surface area contributed by atoms with E-state index >= 15 is 0 Å². The highest BCUT2D eigenvalue weighted by molar-refractivity contribution is 6.31. The number of anilines is 2. The normalized spacial score (nSPS) is 16.2. The van der Waals surface area contributed by atoms with Gasteiger partial charge in [0.15, 0.2) is 0 Å². The molecular weight excluding hydrogens is 384 g/mol. The van der Waals surface area contributed by atoms with Gasteiger partial charge in [0.25, 0.3) is 5.91 Å². The number of nitrogens with one attached hydrogen (secondary N) is 1. The molecule has 7 nitrogen and oxygen atoms in total. The third-order valence-corrected chi connectivity index (χ3v) is 4.51. The Kier molecular flexibility index (Phi) is 5.84. The number of nitrogens with zero attached hydrogens (tertiary/aromatic N) is 1. The Labute approximate surface area is 167 Å². The Bertz CT molecular complexity index is 913. The van der Waals surface area contributed by atoms with Crippen molar-refractivity contribution in [2.24, 2.45) is 0 Å². The second-order valence-electron chi connectivity index (χ2n) is 6.08. The quantitative estimate of drug-likeness (QED) is 0.589. The molecule has 0 bridgehead atoms. The lowest BCUT2D eigenvalue weighted by molar-refractivity contribution is -0.121. The van der Waals surface area contributed by atoms with Crippen LogP contribution in [0.25, 0.3) is 0 Å². The zero-order valence-electron chi connectivity index (χ0n) is 15.4. The van der Waals surface area contributed by atoms with E-state index in [0.717, 1.165) is 4.90 Å². The van der Waals surface area contributed by atoms with Crippen LogP contribution < -0.4 is 15.0 Å². The van der Waals surface area contributed by atoms with Crippen LogP contribution in [0, 0.1) is 0 Å². The summed E-state index contributed by atoms with van der Waals surface area (Å²) in [5, 5.41) is 3.51. The minimum Gasteiger partial charge on any atom is -0.495 e. The number of hydrogen-bond acceptors (Lipinski definition) is 6. The van der Waals surface area contributed by atoms with Gasteiger partial charge in [-0.1, -0.05) is 11.6 Å². The van der Waals surface area contributed by atoms with Crippen molar-refractivity contribution in [3.05, 3.63) is 53.1 Å². The molecule has 146 valence electrons. The van der Waals surface area contributed by atoms with E-state index in [1.165, 1.54) is 19.2 Å². The number of hydrogen-bond donors (Lipinski definition) is 1. The Balaban J connectivity index is 1.79. The number of rotatable bonds is 6. The number of carbonyl (C=O) groups excluding carboxylic acids is 3. The molecule has 2 aromatic rings. The Morgan fingerprint density at radius 3 is 2.57 bits per heavy atom. The van der Waals surface area contributed by atoms with Gasteiger partial charge in [0, 0.05) is 5.02 Å². The van der Waals surface area contributed by atoms with E-state index in [-0.39, 0.29) is 18.9 Å². The number of carbonyl (C=O) groups is 3. The first-order valence-electron chi connectivity index (χ1n) is 8.68. The van der Waals surface area contributed by atoms with Crippen molar-refractivity contribution >= 4 is 40.8 Å². The summed E-state index contributed by atoms with van der Waals surface area (Å²) in [6.07, 6.45) is -0.00582. The Morgan fingerprint density at radius 1 is 1.21 bits per heavy atom. The molecule has 0 spiro atoms. The van der Waals surface area contributed by atoms with Crippen LogP contribution in [0.1, 0.15) is 23.7 Å². The maximum Gasteiger partial charge on any atom is 0.338 e. The van der Waals surface area contributed by atoms with Gasteiger partial charge < -0.3 is 14.8 Å². The number of imide groups is 1. The molecule has 3 rings (SSSR count). The molecule has 1 N–H and O–H groups in total. The van der Waals surface area contributed by atoms with Crippen LogP contribution in [0.3, 0.4) is 0 Å². The number of halogens is 1. The molecule has 1 saturated heterocycles. The Hall–Kier alpha value is -3.06. The van der Waals surface area contributed by atoms with E-state index in [4.69, 9.17) is 21.1 Å². The van der Waals surface area contributed by atoms with Crippen LogP contribution in [-0.4, -0.2) is 37.5 Å². The molecule has 1 atom stereocenters. The highest BCUT2D eigenvalue weighted by Gasteiger charge is 2.40. The van der Waals surface area contributed by atoms with Gasteiger partial charge in [-0.25, -0.2) is 9.69 Å². The molecule has 2 aromatic carbocycles. The summed E-state index contributed by atoms with van der Waals surface area (Å²) in [6, 6.07) is 10.4. The highest BCUT2D eigenvalue weighted by atomic mass is 35.5. The first-order chi connectivity index (χ1) is 13.4. The molecule has 8 heteroatoms. The average Bonchev–Trinajstić information content (AvgIpc) is 2.95. The molecular formula is C20H19ClN2O5. The second-order valence-corrected chi connectivity index (χ2v) is 6.52. The molecule has 0 aliphatic carbocycles. The molecule has 0 radical (unpaired) electrons. The maximum absolute atomic E-state index is 12.8. The van der Waals surface area contributed by atoms with E-state index in [2.05, 4.69) is 5.32 Å². The third kappa shape index (κ3) is 3.94. The molecule has 0 saturated carbocycles.